The van der Waals surface area contributed by atoms with Gasteiger partial charge in [0.25, 0.3) is 0 Å². The van der Waals surface area contributed by atoms with E-state index in [9.17, 15) is 4.79 Å². The van der Waals surface area contributed by atoms with Crippen LogP contribution < -0.4 is 5.32 Å². The Labute approximate surface area is 124 Å². The number of carbonyl (C=O) groups excluding carboxylic acids is 1. The topological polar surface area (TPSA) is 65.4 Å². The van der Waals surface area contributed by atoms with Gasteiger partial charge in [0.15, 0.2) is 0 Å². The molecule has 6 heteroatoms. The molecule has 1 amide bonds. The molecule has 2 atom stereocenters. The summed E-state index contributed by atoms with van der Waals surface area (Å²) < 4.78 is 13.0. The molecule has 21 heavy (non-hydrogen) atoms. The van der Waals surface area contributed by atoms with Crippen molar-refractivity contribution in [1.82, 2.24) is 14.9 Å². The summed E-state index contributed by atoms with van der Waals surface area (Å²) >= 11 is 0. The summed E-state index contributed by atoms with van der Waals surface area (Å²) in [5.41, 5.74) is 1.04. The summed E-state index contributed by atoms with van der Waals surface area (Å²) in [5, 5.41) is 3.04. The van der Waals surface area contributed by atoms with Crippen LogP contribution in [0.15, 0.2) is 6.20 Å². The van der Waals surface area contributed by atoms with Gasteiger partial charge in [0.05, 0.1) is 18.4 Å². The second kappa shape index (κ2) is 6.58. The molecular formula is C15H23N3O3. The smallest absolute Gasteiger partial charge is 0.246 e. The fraction of sp³-hybridized carbons (Fsp3) is 0.733. The van der Waals surface area contributed by atoms with Gasteiger partial charge in [-0.05, 0) is 26.2 Å². The van der Waals surface area contributed by atoms with Gasteiger partial charge in [-0.15, -0.1) is 0 Å². The van der Waals surface area contributed by atoms with Gasteiger partial charge in [-0.25, -0.2) is 4.98 Å². The molecule has 0 radical (unpaired) electrons. The number of aryl methyl sites for hydroxylation is 2. The van der Waals surface area contributed by atoms with Gasteiger partial charge in [0.2, 0.25) is 5.91 Å². The largest absolute Gasteiger partial charge is 0.376 e. The van der Waals surface area contributed by atoms with Gasteiger partial charge in [-0.3, -0.25) is 4.79 Å². The first kappa shape index (κ1) is 14.5. The number of fused-ring (bicyclic) bond motifs is 1. The maximum Gasteiger partial charge on any atom is 0.246 e. The highest BCUT2D eigenvalue weighted by Crippen LogP contribution is 2.15. The highest BCUT2D eigenvalue weighted by molar-refractivity contribution is 5.77. The summed E-state index contributed by atoms with van der Waals surface area (Å²) in [7, 11) is 0. The predicted octanol–water partition coefficient (Wildman–Crippen LogP) is 0.818. The van der Waals surface area contributed by atoms with Crippen LogP contribution in [0.2, 0.25) is 0 Å². The number of aromatic nitrogens is 2. The van der Waals surface area contributed by atoms with E-state index in [4.69, 9.17) is 9.47 Å². The van der Waals surface area contributed by atoms with Crippen molar-refractivity contribution in [2.24, 2.45) is 0 Å². The Morgan fingerprint density at radius 1 is 1.57 bits per heavy atom. The van der Waals surface area contributed by atoms with Crippen molar-refractivity contribution < 1.29 is 14.3 Å². The zero-order chi connectivity index (χ0) is 14.7. The summed E-state index contributed by atoms with van der Waals surface area (Å²) in [6, 6.07) is 0.171. The average molecular weight is 293 g/mol. The molecule has 116 valence electrons. The maximum absolute atomic E-state index is 11.9. The molecule has 3 heterocycles. The van der Waals surface area contributed by atoms with Gasteiger partial charge in [0.1, 0.15) is 12.4 Å². The van der Waals surface area contributed by atoms with Crippen molar-refractivity contribution in [2.45, 2.75) is 51.3 Å². The van der Waals surface area contributed by atoms with Crippen LogP contribution in [0.3, 0.4) is 0 Å². The van der Waals surface area contributed by atoms with Crippen LogP contribution in [0.1, 0.15) is 30.8 Å². The zero-order valence-corrected chi connectivity index (χ0v) is 12.5. The van der Waals surface area contributed by atoms with E-state index in [1.165, 1.54) is 0 Å². The molecule has 3 rings (SSSR count). The molecule has 0 aliphatic carbocycles. The van der Waals surface area contributed by atoms with E-state index in [1.54, 1.807) is 0 Å². The summed E-state index contributed by atoms with van der Waals surface area (Å²) in [4.78, 5) is 16.4. The number of hydrogen-bond acceptors (Lipinski definition) is 4. The van der Waals surface area contributed by atoms with Crippen LogP contribution in [0, 0.1) is 6.92 Å². The Bertz CT molecular complexity index is 494. The molecule has 0 unspecified atom stereocenters. The third-order valence-corrected chi connectivity index (χ3v) is 4.04. The third-order valence-electron chi connectivity index (χ3n) is 4.04. The molecule has 2 aliphatic rings. The lowest BCUT2D eigenvalue weighted by Crippen LogP contribution is -2.42. The molecule has 0 saturated carbocycles. The fourth-order valence-electron chi connectivity index (χ4n) is 3.03. The SMILES string of the molecule is Cc1cn2c(n1)CC[C@H](NC(=O)COC[C@H]1CCCO1)C2. The Balaban J connectivity index is 1.39. The van der Waals surface area contributed by atoms with E-state index in [-0.39, 0.29) is 24.7 Å². The van der Waals surface area contributed by atoms with E-state index >= 15 is 0 Å². The van der Waals surface area contributed by atoms with Crippen LogP contribution >= 0.6 is 0 Å². The number of rotatable bonds is 5. The van der Waals surface area contributed by atoms with Crippen molar-refractivity contribution in [3.63, 3.8) is 0 Å². The number of nitrogens with one attached hydrogen (secondary N) is 1. The van der Waals surface area contributed by atoms with E-state index in [2.05, 4.69) is 14.9 Å². The molecule has 1 N–H and O–H groups in total. The minimum Gasteiger partial charge on any atom is -0.376 e. The number of carbonyl (C=O) groups is 1. The monoisotopic (exact) mass is 293 g/mol. The Kier molecular flexibility index (Phi) is 4.55. The summed E-state index contributed by atoms with van der Waals surface area (Å²) in [6.45, 7) is 4.25. The summed E-state index contributed by atoms with van der Waals surface area (Å²) in [5.74, 6) is 1.07. The molecular weight excluding hydrogens is 270 g/mol. The van der Waals surface area contributed by atoms with Gasteiger partial charge in [-0.2, -0.15) is 0 Å². The fourth-order valence-corrected chi connectivity index (χ4v) is 3.03. The second-order valence-electron chi connectivity index (χ2n) is 5.90. The minimum absolute atomic E-state index is 0.0433. The van der Waals surface area contributed by atoms with E-state index < -0.39 is 0 Å². The van der Waals surface area contributed by atoms with Crippen molar-refractivity contribution in [1.29, 1.82) is 0 Å². The van der Waals surface area contributed by atoms with Crippen molar-refractivity contribution >= 4 is 5.91 Å². The number of nitrogens with zero attached hydrogens (tertiary/aromatic N) is 2. The first-order valence-corrected chi connectivity index (χ1v) is 7.72. The van der Waals surface area contributed by atoms with Crippen LogP contribution in [-0.2, 0) is 27.2 Å². The number of ether oxygens (including phenoxy) is 2. The lowest BCUT2D eigenvalue weighted by atomic mass is 10.1. The number of hydrogen-bond donors (Lipinski definition) is 1. The third kappa shape index (κ3) is 3.83. The Hall–Kier alpha value is -1.40. The molecule has 1 saturated heterocycles. The molecule has 1 aromatic rings. The first-order valence-electron chi connectivity index (χ1n) is 7.72. The normalized spacial score (nSPS) is 24.8. The van der Waals surface area contributed by atoms with Crippen molar-refractivity contribution in [2.75, 3.05) is 19.8 Å². The van der Waals surface area contributed by atoms with E-state index in [0.717, 1.165) is 50.4 Å². The van der Waals surface area contributed by atoms with Crippen molar-refractivity contribution in [3.05, 3.63) is 17.7 Å². The van der Waals surface area contributed by atoms with Crippen LogP contribution in [0.5, 0.6) is 0 Å². The van der Waals surface area contributed by atoms with E-state index in [1.807, 2.05) is 13.1 Å². The second-order valence-corrected chi connectivity index (χ2v) is 5.90. The number of amides is 1. The average Bonchev–Trinajstić information content (AvgIpc) is 3.06. The first-order chi connectivity index (χ1) is 10.2. The molecule has 2 aliphatic heterocycles. The minimum atomic E-state index is -0.0433. The van der Waals surface area contributed by atoms with Crippen LogP contribution in [0.25, 0.3) is 0 Å². The van der Waals surface area contributed by atoms with Gasteiger partial charge < -0.3 is 19.4 Å². The molecule has 6 nitrogen and oxygen atoms in total. The van der Waals surface area contributed by atoms with Gasteiger partial charge in [-0.1, -0.05) is 0 Å². The summed E-state index contributed by atoms with van der Waals surface area (Å²) in [6.07, 6.45) is 6.19. The standard InChI is InChI=1S/C15H23N3O3/c1-11-7-18-8-12(4-5-14(18)16-11)17-15(19)10-20-9-13-3-2-6-21-13/h7,12-13H,2-6,8-10H2,1H3,(H,17,19)/t12-,13+/m0/s1. The van der Waals surface area contributed by atoms with Crippen molar-refractivity contribution in [3.8, 4) is 0 Å². The maximum atomic E-state index is 11.9. The molecule has 0 bridgehead atoms. The highest BCUT2D eigenvalue weighted by Gasteiger charge is 2.21. The predicted molar refractivity (Wildman–Crippen MR) is 77.0 cm³/mol. The zero-order valence-electron chi connectivity index (χ0n) is 12.5. The van der Waals surface area contributed by atoms with Gasteiger partial charge in [0, 0.05) is 31.8 Å². The lowest BCUT2D eigenvalue weighted by molar-refractivity contribution is -0.127. The molecule has 0 spiro atoms. The highest BCUT2D eigenvalue weighted by atomic mass is 16.5. The van der Waals surface area contributed by atoms with Gasteiger partial charge >= 0.3 is 0 Å². The lowest BCUT2D eigenvalue weighted by Gasteiger charge is -2.24. The van der Waals surface area contributed by atoms with Crippen LogP contribution in [-0.4, -0.2) is 47.4 Å². The number of imidazole rings is 1. The quantitative estimate of drug-likeness (QED) is 0.873. The molecule has 1 aromatic heterocycles. The Morgan fingerprint density at radius 2 is 2.48 bits per heavy atom. The molecule has 0 aromatic carbocycles. The molecule has 1 fully saturated rings. The van der Waals surface area contributed by atoms with E-state index in [0.29, 0.717) is 6.61 Å². The van der Waals surface area contributed by atoms with Crippen LogP contribution in [0.4, 0.5) is 0 Å². The Morgan fingerprint density at radius 3 is 3.29 bits per heavy atom.